The molecule has 0 aliphatic carbocycles. The fourth-order valence-electron chi connectivity index (χ4n) is 2.21. The second-order valence-corrected chi connectivity index (χ2v) is 5.05. The highest BCUT2D eigenvalue weighted by Crippen LogP contribution is 2.28. The molecule has 2 amide bonds. The molecule has 0 spiro atoms. The van der Waals surface area contributed by atoms with Crippen LogP contribution >= 0.6 is 0 Å². The summed E-state index contributed by atoms with van der Waals surface area (Å²) in [6.45, 7) is 2.62. The van der Waals surface area contributed by atoms with Crippen molar-refractivity contribution in [2.24, 2.45) is 5.73 Å². The third kappa shape index (κ3) is 4.25. The minimum atomic E-state index is -0.500. The van der Waals surface area contributed by atoms with Crippen LogP contribution in [-0.4, -0.2) is 25.5 Å². The number of benzene rings is 2. The van der Waals surface area contributed by atoms with E-state index in [0.29, 0.717) is 29.2 Å². The maximum absolute atomic E-state index is 12.3. The van der Waals surface area contributed by atoms with E-state index in [-0.39, 0.29) is 12.5 Å². The Morgan fingerprint density at radius 2 is 1.88 bits per heavy atom. The highest BCUT2D eigenvalue weighted by atomic mass is 16.5. The van der Waals surface area contributed by atoms with Gasteiger partial charge >= 0.3 is 0 Å². The summed E-state index contributed by atoms with van der Waals surface area (Å²) >= 11 is 0. The Morgan fingerprint density at radius 3 is 2.54 bits per heavy atom. The lowest BCUT2D eigenvalue weighted by Crippen LogP contribution is -2.23. The lowest BCUT2D eigenvalue weighted by Gasteiger charge is -2.11. The molecule has 0 aromatic heterocycles. The zero-order chi connectivity index (χ0) is 17.5. The van der Waals surface area contributed by atoms with Gasteiger partial charge in [-0.1, -0.05) is 12.1 Å². The Balaban J connectivity index is 2.08. The Morgan fingerprint density at radius 1 is 1.08 bits per heavy atom. The van der Waals surface area contributed by atoms with Crippen LogP contribution in [0.25, 0.3) is 0 Å². The Kier molecular flexibility index (Phi) is 5.78. The predicted molar refractivity (Wildman–Crippen MR) is 90.3 cm³/mol. The van der Waals surface area contributed by atoms with Crippen LogP contribution in [-0.2, 0) is 6.54 Å². The molecule has 0 bridgehead atoms. The fourth-order valence-corrected chi connectivity index (χ4v) is 2.21. The average molecular weight is 328 g/mol. The van der Waals surface area contributed by atoms with Crippen molar-refractivity contribution in [3.63, 3.8) is 0 Å². The monoisotopic (exact) mass is 328 g/mol. The molecule has 3 N–H and O–H groups in total. The normalized spacial score (nSPS) is 10.1. The number of carbonyl (C=O) groups excluding carboxylic acids is 2. The predicted octanol–water partition coefficient (Wildman–Crippen LogP) is 2.12. The van der Waals surface area contributed by atoms with Crippen molar-refractivity contribution in [3.05, 3.63) is 59.2 Å². The van der Waals surface area contributed by atoms with Gasteiger partial charge in [0.15, 0.2) is 11.5 Å². The van der Waals surface area contributed by atoms with E-state index >= 15 is 0 Å². The first-order valence-electron chi connectivity index (χ1n) is 7.53. The molecule has 0 heterocycles. The van der Waals surface area contributed by atoms with Gasteiger partial charge in [-0.2, -0.15) is 0 Å². The van der Waals surface area contributed by atoms with E-state index in [1.165, 1.54) is 0 Å². The molecule has 0 aliphatic rings. The Labute approximate surface area is 140 Å². The zero-order valence-corrected chi connectivity index (χ0v) is 13.7. The summed E-state index contributed by atoms with van der Waals surface area (Å²) in [5.41, 5.74) is 6.91. The van der Waals surface area contributed by atoms with E-state index in [1.54, 1.807) is 43.5 Å². The molecule has 6 nitrogen and oxygen atoms in total. The number of primary amides is 1. The summed E-state index contributed by atoms with van der Waals surface area (Å²) < 4.78 is 10.7. The number of amides is 2. The van der Waals surface area contributed by atoms with Crippen molar-refractivity contribution < 1.29 is 19.1 Å². The zero-order valence-electron chi connectivity index (χ0n) is 13.7. The van der Waals surface area contributed by atoms with Crippen molar-refractivity contribution in [2.75, 3.05) is 13.7 Å². The van der Waals surface area contributed by atoms with Gasteiger partial charge in [0.25, 0.3) is 5.91 Å². The third-order valence-electron chi connectivity index (χ3n) is 3.39. The number of methoxy groups -OCH3 is 1. The third-order valence-corrected chi connectivity index (χ3v) is 3.39. The first kappa shape index (κ1) is 17.3. The van der Waals surface area contributed by atoms with Crippen molar-refractivity contribution in [2.45, 2.75) is 13.5 Å². The van der Waals surface area contributed by atoms with Crippen molar-refractivity contribution >= 4 is 11.8 Å². The van der Waals surface area contributed by atoms with Gasteiger partial charge in [-0.3, -0.25) is 9.59 Å². The fraction of sp³-hybridized carbons (Fsp3) is 0.222. The lowest BCUT2D eigenvalue weighted by molar-refractivity contribution is 0.0949. The molecule has 6 heteroatoms. The largest absolute Gasteiger partial charge is 0.493 e. The van der Waals surface area contributed by atoms with Crippen molar-refractivity contribution in [3.8, 4) is 11.5 Å². The Hall–Kier alpha value is -3.02. The summed E-state index contributed by atoms with van der Waals surface area (Å²) in [6.07, 6.45) is 0. The van der Waals surface area contributed by atoms with Crippen LogP contribution in [0.3, 0.4) is 0 Å². The number of hydrogen-bond acceptors (Lipinski definition) is 4. The van der Waals surface area contributed by atoms with E-state index in [1.807, 2.05) is 13.0 Å². The molecule has 2 rings (SSSR count). The molecule has 0 atom stereocenters. The lowest BCUT2D eigenvalue weighted by atomic mass is 10.1. The van der Waals surface area contributed by atoms with Gasteiger partial charge in [0.2, 0.25) is 5.91 Å². The van der Waals surface area contributed by atoms with Gasteiger partial charge in [0.1, 0.15) is 0 Å². The summed E-state index contributed by atoms with van der Waals surface area (Å²) in [5, 5.41) is 2.80. The number of rotatable bonds is 7. The van der Waals surface area contributed by atoms with Gasteiger partial charge in [-0.25, -0.2) is 0 Å². The van der Waals surface area contributed by atoms with E-state index in [2.05, 4.69) is 5.32 Å². The quantitative estimate of drug-likeness (QED) is 0.814. The first-order chi connectivity index (χ1) is 11.5. The minimum Gasteiger partial charge on any atom is -0.493 e. The highest BCUT2D eigenvalue weighted by Gasteiger charge is 2.11. The second kappa shape index (κ2) is 8.01. The highest BCUT2D eigenvalue weighted by molar-refractivity contribution is 5.95. The summed E-state index contributed by atoms with van der Waals surface area (Å²) in [7, 11) is 1.54. The van der Waals surface area contributed by atoms with Crippen LogP contribution in [0.5, 0.6) is 11.5 Å². The number of ether oxygens (including phenoxy) is 2. The molecular weight excluding hydrogens is 308 g/mol. The molecule has 0 saturated heterocycles. The summed E-state index contributed by atoms with van der Waals surface area (Å²) in [5.74, 6) is 0.341. The van der Waals surface area contributed by atoms with Crippen LogP contribution in [0, 0.1) is 0 Å². The van der Waals surface area contributed by atoms with E-state index in [0.717, 1.165) is 5.56 Å². The van der Waals surface area contributed by atoms with Crippen LogP contribution < -0.4 is 20.5 Å². The maximum atomic E-state index is 12.3. The molecule has 0 unspecified atom stereocenters. The van der Waals surface area contributed by atoms with Gasteiger partial charge in [-0.05, 0) is 42.8 Å². The van der Waals surface area contributed by atoms with Gasteiger partial charge in [0, 0.05) is 17.7 Å². The molecule has 0 saturated carbocycles. The number of nitrogens with one attached hydrogen (secondary N) is 1. The Bertz CT molecular complexity index is 744. The SMILES string of the molecule is CCOc1cc(C(=O)NCc2cccc(C(N)=O)c2)ccc1OC. The molecule has 24 heavy (non-hydrogen) atoms. The second-order valence-electron chi connectivity index (χ2n) is 5.05. The first-order valence-corrected chi connectivity index (χ1v) is 7.53. The standard InChI is InChI=1S/C18H20N2O4/c1-3-24-16-10-14(7-8-15(16)23-2)18(22)20-11-12-5-4-6-13(9-12)17(19)21/h4-10H,3,11H2,1-2H3,(H2,19,21)(H,20,22). The summed E-state index contributed by atoms with van der Waals surface area (Å²) in [4.78, 5) is 23.5. The van der Waals surface area contributed by atoms with E-state index in [4.69, 9.17) is 15.2 Å². The molecule has 2 aromatic carbocycles. The molecule has 0 fully saturated rings. The van der Waals surface area contributed by atoms with Crippen LogP contribution in [0.4, 0.5) is 0 Å². The number of hydrogen-bond donors (Lipinski definition) is 2. The van der Waals surface area contributed by atoms with Gasteiger partial charge in [0.05, 0.1) is 13.7 Å². The molecule has 2 aromatic rings. The molecule has 0 radical (unpaired) electrons. The minimum absolute atomic E-state index is 0.247. The van der Waals surface area contributed by atoms with Crippen LogP contribution in [0.1, 0.15) is 33.2 Å². The average Bonchev–Trinajstić information content (AvgIpc) is 2.60. The van der Waals surface area contributed by atoms with Gasteiger partial charge < -0.3 is 20.5 Å². The van der Waals surface area contributed by atoms with Crippen molar-refractivity contribution in [1.82, 2.24) is 5.32 Å². The molecule has 0 aliphatic heterocycles. The number of nitrogens with two attached hydrogens (primary N) is 1. The van der Waals surface area contributed by atoms with Crippen LogP contribution in [0.2, 0.25) is 0 Å². The number of carbonyl (C=O) groups is 2. The smallest absolute Gasteiger partial charge is 0.251 e. The maximum Gasteiger partial charge on any atom is 0.251 e. The molecular formula is C18H20N2O4. The molecule has 126 valence electrons. The van der Waals surface area contributed by atoms with E-state index in [9.17, 15) is 9.59 Å². The van der Waals surface area contributed by atoms with Gasteiger partial charge in [-0.15, -0.1) is 0 Å². The topological polar surface area (TPSA) is 90.6 Å². The van der Waals surface area contributed by atoms with E-state index < -0.39 is 5.91 Å². The van der Waals surface area contributed by atoms with Crippen LogP contribution in [0.15, 0.2) is 42.5 Å². The van der Waals surface area contributed by atoms with Crippen molar-refractivity contribution in [1.29, 1.82) is 0 Å². The summed E-state index contributed by atoms with van der Waals surface area (Å²) in [6, 6.07) is 11.8.